The minimum absolute atomic E-state index is 0.0882. The van der Waals surface area contributed by atoms with E-state index in [0.29, 0.717) is 28.4 Å². The summed E-state index contributed by atoms with van der Waals surface area (Å²) in [4.78, 5) is 11.7. The summed E-state index contributed by atoms with van der Waals surface area (Å²) >= 11 is 6.17. The van der Waals surface area contributed by atoms with Crippen LogP contribution in [0, 0.1) is 6.92 Å². The summed E-state index contributed by atoms with van der Waals surface area (Å²) in [6, 6.07) is 10.9. The lowest BCUT2D eigenvalue weighted by Gasteiger charge is -2.16. The summed E-state index contributed by atoms with van der Waals surface area (Å²) in [5.74, 6) is 0.479. The first-order chi connectivity index (χ1) is 11.0. The number of ether oxygens (including phenoxy) is 1. The third kappa shape index (κ3) is 4.47. The van der Waals surface area contributed by atoms with Crippen LogP contribution in [0.25, 0.3) is 0 Å². The van der Waals surface area contributed by atoms with Crippen molar-refractivity contribution in [2.75, 3.05) is 5.32 Å². The Morgan fingerprint density at radius 1 is 1.30 bits per heavy atom. The minimum Gasteiger partial charge on any atom is -0.487 e. The molecule has 0 saturated carbocycles. The summed E-state index contributed by atoms with van der Waals surface area (Å²) in [6.07, 6.45) is 0.382. The van der Waals surface area contributed by atoms with Gasteiger partial charge in [0.2, 0.25) is 5.91 Å². The number of amides is 1. The zero-order valence-corrected chi connectivity index (χ0v) is 14.0. The van der Waals surface area contributed by atoms with Gasteiger partial charge < -0.3 is 15.2 Å². The van der Waals surface area contributed by atoms with Gasteiger partial charge in [0.15, 0.2) is 0 Å². The maximum Gasteiger partial charge on any atom is 0.224 e. The van der Waals surface area contributed by atoms with E-state index in [2.05, 4.69) is 5.32 Å². The maximum absolute atomic E-state index is 11.7. The molecule has 2 aromatic rings. The molecule has 0 fully saturated rings. The van der Waals surface area contributed by atoms with Crippen LogP contribution in [0.5, 0.6) is 5.75 Å². The molecule has 0 aliphatic rings. The average molecular weight is 334 g/mol. The predicted octanol–water partition coefficient (Wildman–Crippen LogP) is 4.07. The lowest BCUT2D eigenvalue weighted by Crippen LogP contribution is -2.13. The fraction of sp³-hybridized carbons (Fsp3) is 0.278. The number of halogens is 1. The van der Waals surface area contributed by atoms with E-state index in [-0.39, 0.29) is 19.1 Å². The third-order valence-electron chi connectivity index (χ3n) is 3.50. The van der Waals surface area contributed by atoms with Crippen molar-refractivity contribution in [1.82, 2.24) is 0 Å². The van der Waals surface area contributed by atoms with Gasteiger partial charge >= 0.3 is 0 Å². The van der Waals surface area contributed by atoms with Crippen molar-refractivity contribution in [2.24, 2.45) is 0 Å². The van der Waals surface area contributed by atoms with Crippen molar-refractivity contribution in [1.29, 1.82) is 0 Å². The monoisotopic (exact) mass is 333 g/mol. The second-order valence-electron chi connectivity index (χ2n) is 5.23. The summed E-state index contributed by atoms with van der Waals surface area (Å²) in [5.41, 5.74) is 3.15. The number of carbonyl (C=O) groups is 1. The summed E-state index contributed by atoms with van der Waals surface area (Å²) in [7, 11) is 0. The number of carbonyl (C=O) groups excluding carboxylic acids is 1. The molecule has 0 heterocycles. The van der Waals surface area contributed by atoms with Crippen LogP contribution >= 0.6 is 11.6 Å². The Morgan fingerprint density at radius 2 is 2.09 bits per heavy atom. The molecule has 23 heavy (non-hydrogen) atoms. The third-order valence-corrected chi connectivity index (χ3v) is 3.79. The number of aryl methyl sites for hydroxylation is 1. The van der Waals surface area contributed by atoms with Crippen molar-refractivity contribution in [3.05, 3.63) is 58.1 Å². The fourth-order valence-corrected chi connectivity index (χ4v) is 2.47. The van der Waals surface area contributed by atoms with E-state index in [1.807, 2.05) is 25.1 Å². The van der Waals surface area contributed by atoms with E-state index in [4.69, 9.17) is 16.3 Å². The van der Waals surface area contributed by atoms with Crippen molar-refractivity contribution >= 4 is 23.2 Å². The highest BCUT2D eigenvalue weighted by Gasteiger charge is 2.12. The predicted molar refractivity (Wildman–Crippen MR) is 91.8 cm³/mol. The quantitative estimate of drug-likeness (QED) is 0.837. The smallest absolute Gasteiger partial charge is 0.224 e. The molecule has 0 bridgehead atoms. The van der Waals surface area contributed by atoms with Gasteiger partial charge in [-0.2, -0.15) is 0 Å². The molecule has 0 aliphatic carbocycles. The Kier molecular flexibility index (Phi) is 6.02. The molecule has 5 heteroatoms. The first kappa shape index (κ1) is 17.3. The number of aliphatic hydroxyl groups is 1. The fourth-order valence-electron chi connectivity index (χ4n) is 2.18. The normalized spacial score (nSPS) is 10.4. The van der Waals surface area contributed by atoms with Crippen LogP contribution in [0.1, 0.15) is 30.0 Å². The van der Waals surface area contributed by atoms with Crippen LogP contribution in [-0.4, -0.2) is 11.0 Å². The maximum atomic E-state index is 11.7. The molecule has 4 nitrogen and oxygen atoms in total. The first-order valence-corrected chi connectivity index (χ1v) is 7.83. The lowest BCUT2D eigenvalue weighted by atomic mass is 10.1. The zero-order chi connectivity index (χ0) is 16.8. The molecule has 2 N–H and O–H groups in total. The van der Waals surface area contributed by atoms with E-state index in [9.17, 15) is 9.90 Å². The van der Waals surface area contributed by atoms with Crippen LogP contribution in [0.2, 0.25) is 5.02 Å². The number of benzene rings is 2. The highest BCUT2D eigenvalue weighted by atomic mass is 35.5. The molecular weight excluding hydrogens is 314 g/mol. The SMILES string of the molecule is CCC(=O)Nc1cccc(CO)c1COc1ccc(C)cc1Cl. The summed E-state index contributed by atoms with van der Waals surface area (Å²) in [5, 5.41) is 12.9. The molecule has 0 aromatic heterocycles. The molecule has 0 atom stereocenters. The molecule has 2 aromatic carbocycles. The van der Waals surface area contributed by atoms with Crippen LogP contribution < -0.4 is 10.1 Å². The van der Waals surface area contributed by atoms with Gasteiger partial charge in [0.1, 0.15) is 12.4 Å². The molecular formula is C18H20ClNO3. The molecule has 0 radical (unpaired) electrons. The standard InChI is InChI=1S/C18H20ClNO3/c1-3-18(22)20-16-6-4-5-13(10-21)14(16)11-23-17-8-7-12(2)9-15(17)19/h4-9,21H,3,10-11H2,1-2H3,(H,20,22). The molecule has 122 valence electrons. The molecule has 2 rings (SSSR count). The molecule has 0 saturated heterocycles. The van der Waals surface area contributed by atoms with Crippen LogP contribution in [0.4, 0.5) is 5.69 Å². The number of hydrogen-bond acceptors (Lipinski definition) is 3. The molecule has 1 amide bonds. The Hall–Kier alpha value is -2.04. The average Bonchev–Trinajstić information content (AvgIpc) is 2.54. The molecule has 0 unspecified atom stereocenters. The molecule has 0 spiro atoms. The topological polar surface area (TPSA) is 58.6 Å². The summed E-state index contributed by atoms with van der Waals surface area (Å²) < 4.78 is 5.78. The first-order valence-electron chi connectivity index (χ1n) is 7.45. The van der Waals surface area contributed by atoms with Crippen LogP contribution in [-0.2, 0) is 18.0 Å². The Balaban J connectivity index is 2.24. The van der Waals surface area contributed by atoms with Gasteiger partial charge in [-0.1, -0.05) is 36.7 Å². The van der Waals surface area contributed by atoms with E-state index >= 15 is 0 Å². The minimum atomic E-state index is -0.129. The van der Waals surface area contributed by atoms with Crippen molar-refractivity contribution in [2.45, 2.75) is 33.5 Å². The van der Waals surface area contributed by atoms with Gasteiger partial charge in [0.05, 0.1) is 11.6 Å². The Bertz CT molecular complexity index is 701. The highest BCUT2D eigenvalue weighted by Crippen LogP contribution is 2.28. The summed E-state index contributed by atoms with van der Waals surface area (Å²) in [6.45, 7) is 3.82. The molecule has 0 aliphatic heterocycles. The largest absolute Gasteiger partial charge is 0.487 e. The lowest BCUT2D eigenvalue weighted by molar-refractivity contribution is -0.115. The van der Waals surface area contributed by atoms with E-state index < -0.39 is 0 Å². The number of aliphatic hydroxyl groups excluding tert-OH is 1. The zero-order valence-electron chi connectivity index (χ0n) is 13.2. The van der Waals surface area contributed by atoms with Crippen LogP contribution in [0.15, 0.2) is 36.4 Å². The second-order valence-corrected chi connectivity index (χ2v) is 5.63. The number of hydrogen-bond donors (Lipinski definition) is 2. The van der Waals surface area contributed by atoms with Crippen molar-refractivity contribution in [3.63, 3.8) is 0 Å². The van der Waals surface area contributed by atoms with E-state index in [1.165, 1.54) is 0 Å². The van der Waals surface area contributed by atoms with Gasteiger partial charge in [-0.05, 0) is 36.2 Å². The Morgan fingerprint density at radius 3 is 2.74 bits per heavy atom. The Labute approximate surface area is 141 Å². The van der Waals surface area contributed by atoms with Gasteiger partial charge in [-0.15, -0.1) is 0 Å². The van der Waals surface area contributed by atoms with Gasteiger partial charge in [0, 0.05) is 17.7 Å². The number of rotatable bonds is 6. The second kappa shape index (κ2) is 7.99. The van der Waals surface area contributed by atoms with Gasteiger partial charge in [-0.3, -0.25) is 4.79 Å². The van der Waals surface area contributed by atoms with Crippen molar-refractivity contribution < 1.29 is 14.6 Å². The van der Waals surface area contributed by atoms with Crippen LogP contribution in [0.3, 0.4) is 0 Å². The number of anilines is 1. The van der Waals surface area contributed by atoms with Gasteiger partial charge in [-0.25, -0.2) is 0 Å². The van der Waals surface area contributed by atoms with E-state index in [1.54, 1.807) is 25.1 Å². The van der Waals surface area contributed by atoms with Gasteiger partial charge in [0.25, 0.3) is 0 Å². The number of nitrogens with one attached hydrogen (secondary N) is 1. The van der Waals surface area contributed by atoms with Crippen molar-refractivity contribution in [3.8, 4) is 5.75 Å². The van der Waals surface area contributed by atoms with E-state index in [0.717, 1.165) is 11.1 Å². The highest BCUT2D eigenvalue weighted by molar-refractivity contribution is 6.32.